The average Bonchev–Trinajstić information content (AvgIpc) is 2.96. The molecule has 112 valence electrons. The average molecular weight is 496 g/mol. The van der Waals surface area contributed by atoms with Crippen LogP contribution in [0.1, 0.15) is 68.6 Å². The number of hydrogen-bond acceptors (Lipinski definition) is 0. The molecule has 2 bridgehead atoms. The molecule has 2 aliphatic rings. The molecule has 1 aromatic rings. The minimum Gasteiger partial charge on any atom is -0.0710 e. The molecule has 0 heterocycles. The Kier molecular flexibility index (Phi) is 6.22. The molecule has 0 nitrogen and oxygen atoms in total. The summed E-state index contributed by atoms with van der Waals surface area (Å²) < 4.78 is 0.824. The summed E-state index contributed by atoms with van der Waals surface area (Å²) in [4.78, 5) is 0. The summed E-state index contributed by atoms with van der Waals surface area (Å²) in [6.07, 6.45) is 4.15. The van der Waals surface area contributed by atoms with Crippen molar-refractivity contribution in [2.45, 2.75) is 60.7 Å². The van der Waals surface area contributed by atoms with Crippen molar-refractivity contribution in [2.75, 3.05) is 0 Å². The SMILES string of the molecule is CCC(I)I.Cc1cccc2c1C1CCC2C1C(C)C. The minimum absolute atomic E-state index is 0.824. The normalized spacial score (nSPS) is 26.7. The van der Waals surface area contributed by atoms with E-state index in [-0.39, 0.29) is 0 Å². The summed E-state index contributed by atoms with van der Waals surface area (Å²) in [7, 11) is 0. The van der Waals surface area contributed by atoms with E-state index in [0.717, 1.165) is 25.6 Å². The van der Waals surface area contributed by atoms with E-state index in [0.29, 0.717) is 0 Å². The van der Waals surface area contributed by atoms with Gasteiger partial charge >= 0.3 is 0 Å². The number of halogens is 2. The predicted octanol–water partition coefficient (Wildman–Crippen LogP) is 6.83. The monoisotopic (exact) mass is 496 g/mol. The van der Waals surface area contributed by atoms with Crippen LogP contribution in [0.25, 0.3) is 0 Å². The highest BCUT2D eigenvalue weighted by molar-refractivity contribution is 14.2. The van der Waals surface area contributed by atoms with E-state index < -0.39 is 0 Å². The third kappa shape index (κ3) is 3.36. The molecule has 1 saturated carbocycles. The van der Waals surface area contributed by atoms with Crippen molar-refractivity contribution < 1.29 is 0 Å². The van der Waals surface area contributed by atoms with Crippen LogP contribution in [0.2, 0.25) is 0 Å². The highest BCUT2D eigenvalue weighted by atomic mass is 127. The second-order valence-corrected chi connectivity index (χ2v) is 11.9. The summed E-state index contributed by atoms with van der Waals surface area (Å²) in [5.74, 6) is 3.53. The van der Waals surface area contributed by atoms with Gasteiger partial charge < -0.3 is 0 Å². The lowest BCUT2D eigenvalue weighted by atomic mass is 9.84. The second-order valence-electron chi connectivity index (χ2n) is 6.49. The lowest BCUT2D eigenvalue weighted by Crippen LogP contribution is -2.11. The van der Waals surface area contributed by atoms with Crippen LogP contribution in [0.3, 0.4) is 0 Å². The van der Waals surface area contributed by atoms with Gasteiger partial charge in [0.15, 0.2) is 0 Å². The molecule has 2 aliphatic carbocycles. The van der Waals surface area contributed by atoms with Gasteiger partial charge in [0, 0.05) is 0 Å². The minimum atomic E-state index is 0.824. The van der Waals surface area contributed by atoms with Crippen LogP contribution in [0.4, 0.5) is 0 Å². The first-order valence-electron chi connectivity index (χ1n) is 7.84. The number of alkyl halides is 2. The molecule has 0 aliphatic heterocycles. The summed E-state index contributed by atoms with van der Waals surface area (Å²) >= 11 is 4.79. The molecule has 0 saturated heterocycles. The van der Waals surface area contributed by atoms with Gasteiger partial charge in [-0.2, -0.15) is 0 Å². The van der Waals surface area contributed by atoms with E-state index in [9.17, 15) is 0 Å². The van der Waals surface area contributed by atoms with Crippen molar-refractivity contribution in [1.82, 2.24) is 0 Å². The molecular weight excluding hydrogens is 470 g/mol. The lowest BCUT2D eigenvalue weighted by Gasteiger charge is -2.20. The summed E-state index contributed by atoms with van der Waals surface area (Å²) in [5.41, 5.74) is 4.93. The predicted molar refractivity (Wildman–Crippen MR) is 106 cm³/mol. The topological polar surface area (TPSA) is 0 Å². The van der Waals surface area contributed by atoms with Crippen molar-refractivity contribution in [3.63, 3.8) is 0 Å². The number of hydrogen-bond donors (Lipinski definition) is 0. The van der Waals surface area contributed by atoms with Gasteiger partial charge in [-0.25, -0.2) is 0 Å². The summed E-state index contributed by atoms with van der Waals surface area (Å²) in [5, 5.41) is 0. The Hall–Kier alpha value is 0.680. The molecule has 0 aromatic heterocycles. The molecule has 20 heavy (non-hydrogen) atoms. The summed E-state index contributed by atoms with van der Waals surface area (Å²) in [6, 6.07) is 6.91. The van der Waals surface area contributed by atoms with Crippen molar-refractivity contribution >= 4 is 45.2 Å². The Bertz CT molecular complexity index is 451. The first-order chi connectivity index (χ1) is 9.47. The van der Waals surface area contributed by atoms with E-state index in [2.05, 4.69) is 91.1 Å². The fourth-order valence-electron chi connectivity index (χ4n) is 4.19. The third-order valence-corrected chi connectivity index (χ3v) is 6.69. The highest BCUT2D eigenvalue weighted by Gasteiger charge is 2.47. The van der Waals surface area contributed by atoms with Gasteiger partial charge in [-0.05, 0) is 66.5 Å². The van der Waals surface area contributed by atoms with Crippen LogP contribution < -0.4 is 0 Å². The second kappa shape index (κ2) is 7.30. The van der Waals surface area contributed by atoms with Gasteiger partial charge in [0.2, 0.25) is 0 Å². The molecule has 1 fully saturated rings. The standard InChI is InChI=1S/C15H20.C3H6I2/c1-9(2)14-12-7-8-13(14)15-10(3)5-4-6-11(12)15;1-2-3(4)5/h4-6,9,12-14H,7-8H2,1-3H3;3H,2H2,1H3. The van der Waals surface area contributed by atoms with Crippen LogP contribution in [0.15, 0.2) is 18.2 Å². The van der Waals surface area contributed by atoms with Gasteiger partial charge in [-0.15, -0.1) is 0 Å². The third-order valence-electron chi connectivity index (χ3n) is 4.92. The van der Waals surface area contributed by atoms with Gasteiger partial charge in [-0.3, -0.25) is 0 Å². The van der Waals surface area contributed by atoms with Crippen molar-refractivity contribution in [3.05, 3.63) is 34.9 Å². The molecule has 0 amide bonds. The van der Waals surface area contributed by atoms with E-state index in [1.54, 1.807) is 11.1 Å². The van der Waals surface area contributed by atoms with Crippen molar-refractivity contribution in [3.8, 4) is 0 Å². The molecule has 3 atom stereocenters. The first-order valence-corrected chi connectivity index (χ1v) is 10.3. The maximum Gasteiger partial charge on any atom is 0.0624 e. The quantitative estimate of drug-likeness (QED) is 0.311. The number of fused-ring (bicyclic) bond motifs is 5. The fraction of sp³-hybridized carbons (Fsp3) is 0.667. The Morgan fingerprint density at radius 3 is 2.25 bits per heavy atom. The Labute approximate surface area is 151 Å². The Morgan fingerprint density at radius 2 is 1.75 bits per heavy atom. The van der Waals surface area contributed by atoms with Gasteiger partial charge in [0.1, 0.15) is 0 Å². The zero-order valence-electron chi connectivity index (χ0n) is 13.0. The van der Waals surface area contributed by atoms with Crippen LogP contribution in [-0.4, -0.2) is 1.93 Å². The molecule has 0 N–H and O–H groups in total. The van der Waals surface area contributed by atoms with Gasteiger partial charge in [-0.1, -0.05) is 84.2 Å². The zero-order chi connectivity index (χ0) is 14.9. The smallest absolute Gasteiger partial charge is 0.0624 e. The highest BCUT2D eigenvalue weighted by Crippen LogP contribution is 2.60. The zero-order valence-corrected chi connectivity index (χ0v) is 17.3. The van der Waals surface area contributed by atoms with E-state index in [4.69, 9.17) is 0 Å². The van der Waals surface area contributed by atoms with Gasteiger partial charge in [0.25, 0.3) is 0 Å². The fourth-order valence-corrected chi connectivity index (χ4v) is 4.19. The maximum absolute atomic E-state index is 2.40. The molecule has 0 spiro atoms. The van der Waals surface area contributed by atoms with E-state index in [1.807, 2.05) is 0 Å². The Balaban J connectivity index is 0.000000257. The molecule has 3 unspecified atom stereocenters. The lowest BCUT2D eigenvalue weighted by molar-refractivity contribution is 0.352. The number of benzene rings is 1. The number of rotatable bonds is 2. The summed E-state index contributed by atoms with van der Waals surface area (Å²) in [6.45, 7) is 9.27. The van der Waals surface area contributed by atoms with Crippen LogP contribution in [0.5, 0.6) is 0 Å². The van der Waals surface area contributed by atoms with Crippen LogP contribution in [-0.2, 0) is 0 Å². The van der Waals surface area contributed by atoms with Crippen LogP contribution in [0, 0.1) is 18.8 Å². The maximum atomic E-state index is 2.40. The number of aryl methyl sites for hydroxylation is 1. The van der Waals surface area contributed by atoms with Crippen molar-refractivity contribution in [2.24, 2.45) is 11.8 Å². The first kappa shape index (κ1) is 17.0. The Morgan fingerprint density at radius 1 is 1.15 bits per heavy atom. The van der Waals surface area contributed by atoms with E-state index >= 15 is 0 Å². The molecule has 2 heteroatoms. The molecule has 1 aromatic carbocycles. The molecule has 0 radical (unpaired) electrons. The van der Waals surface area contributed by atoms with Crippen LogP contribution >= 0.6 is 45.2 Å². The molecular formula is C18H26I2. The van der Waals surface area contributed by atoms with Crippen molar-refractivity contribution in [1.29, 1.82) is 0 Å². The van der Waals surface area contributed by atoms with E-state index in [1.165, 1.54) is 24.8 Å². The largest absolute Gasteiger partial charge is 0.0710 e. The van der Waals surface area contributed by atoms with Gasteiger partial charge in [0.05, 0.1) is 1.93 Å². The molecule has 3 rings (SSSR count).